The van der Waals surface area contributed by atoms with Gasteiger partial charge in [0.15, 0.2) is 5.78 Å². The van der Waals surface area contributed by atoms with Crippen molar-refractivity contribution in [2.24, 2.45) is 41.2 Å². The summed E-state index contributed by atoms with van der Waals surface area (Å²) in [5.74, 6) is -6.99. The van der Waals surface area contributed by atoms with Gasteiger partial charge in [-0.1, -0.05) is 178 Å². The molecule has 2 aliphatic rings. The number of carbonyl (C=O) groups is 12. The van der Waals surface area contributed by atoms with Crippen molar-refractivity contribution in [1.82, 2.24) is 41.7 Å². The maximum Gasteiger partial charge on any atom is 0.324 e. The molecule has 4 aromatic carbocycles. The quantitative estimate of drug-likeness (QED) is 0.0118. The maximum absolute atomic E-state index is 14.2. The summed E-state index contributed by atoms with van der Waals surface area (Å²) in [6, 6.07) is 28.0. The molecule has 1 heterocycles. The molecule has 2 fully saturated rings. The summed E-state index contributed by atoms with van der Waals surface area (Å²) >= 11 is 0. The minimum atomic E-state index is -1.51. The second kappa shape index (κ2) is 53.2. The summed E-state index contributed by atoms with van der Waals surface area (Å²) in [6.45, 7) is 25.1. The minimum absolute atomic E-state index is 0. The van der Waals surface area contributed by atoms with E-state index in [1.165, 1.54) is 6.92 Å². The molecule has 26 heteroatoms. The highest BCUT2D eigenvalue weighted by atomic mass is 16.5. The van der Waals surface area contributed by atoms with Crippen molar-refractivity contribution in [1.29, 1.82) is 0 Å². The molecule has 0 aromatic heterocycles. The second-order valence-corrected chi connectivity index (χ2v) is 30.0. The van der Waals surface area contributed by atoms with Crippen molar-refractivity contribution < 1.29 is 81.6 Å². The van der Waals surface area contributed by atoms with Gasteiger partial charge < -0.3 is 71.3 Å². The first-order valence-corrected chi connectivity index (χ1v) is 39.6. The average molecular weight is 1590 g/mol. The Balaban J connectivity index is 0.000000477. The molecule has 1 aliphatic carbocycles. The Hall–Kier alpha value is -9.92. The zero-order chi connectivity index (χ0) is 83.5. The number of Topliss-reactive ketones (excluding diaryl/α,β-unsaturated/α-hetero) is 3. The summed E-state index contributed by atoms with van der Waals surface area (Å²) in [5.41, 5.74) is 9.39. The van der Waals surface area contributed by atoms with Crippen LogP contribution in [0.4, 0.5) is 0 Å². The fourth-order valence-electron chi connectivity index (χ4n) is 13.1. The summed E-state index contributed by atoms with van der Waals surface area (Å²) in [6.07, 6.45) is 10.7. The van der Waals surface area contributed by atoms with Crippen molar-refractivity contribution in [2.75, 3.05) is 53.7 Å². The predicted octanol–water partition coefficient (Wildman–Crippen LogP) is 9.00. The van der Waals surface area contributed by atoms with E-state index in [1.54, 1.807) is 56.3 Å². The Kier molecular flexibility index (Phi) is 45.9. The number of nitrogens with zero attached hydrogens (tertiary/aromatic N) is 2. The molecule has 12 atom stereocenters. The Morgan fingerprint density at radius 2 is 1.08 bits per heavy atom. The predicted molar refractivity (Wildman–Crippen MR) is 440 cm³/mol. The first kappa shape index (κ1) is 98.3. The molecule has 9 N–H and O–H groups in total. The van der Waals surface area contributed by atoms with Crippen LogP contribution >= 0.6 is 0 Å². The van der Waals surface area contributed by atoms with Crippen LogP contribution in [0, 0.1) is 35.5 Å². The molecule has 114 heavy (non-hydrogen) atoms. The van der Waals surface area contributed by atoms with Crippen molar-refractivity contribution in [3.05, 3.63) is 157 Å². The van der Waals surface area contributed by atoms with E-state index in [9.17, 15) is 62.6 Å². The molecule has 0 radical (unpaired) electrons. The summed E-state index contributed by atoms with van der Waals surface area (Å²) in [7, 11) is 3.88. The molecule has 0 spiro atoms. The SMILES string of the molecule is C.C=CCOC(=O)[C@H](C(C)CC)N(C)Cc1ccc(OCCCCC(C)=O)cc1.C=CCOC(=O)[C@H](Cc1ccccc1)N(C)Cc1ccc(OCCCCC(C)=O)cc1.CCC(C)[C@@H]1NC(=O)[C@H](C)NC(=O)[C@H](CC(C)C)NC(=O)[C@@H](CO)CNC(=O)[C@H](CC(N)=O)NC(=O)[C@H](Cc2ccccc2)NC(=O)[C@@H]2CCCC2C1=O. The van der Waals surface area contributed by atoms with E-state index >= 15 is 0 Å². The topological polar surface area (TPSA) is 367 Å². The van der Waals surface area contributed by atoms with Crippen molar-refractivity contribution in [3.63, 3.8) is 0 Å². The second-order valence-electron chi connectivity index (χ2n) is 30.0. The first-order chi connectivity index (χ1) is 53.9. The lowest BCUT2D eigenvalue weighted by Gasteiger charge is -2.30. The van der Waals surface area contributed by atoms with Crippen molar-refractivity contribution in [2.45, 2.75) is 221 Å². The monoisotopic (exact) mass is 1580 g/mol. The van der Waals surface area contributed by atoms with Gasteiger partial charge >= 0.3 is 11.9 Å². The zero-order valence-corrected chi connectivity index (χ0v) is 68.2. The minimum Gasteiger partial charge on any atom is -0.494 e. The molecule has 6 rings (SSSR count). The standard InChI is InChI=1S/C38H57N7O9.C26H33NO4.C23H35NO4.CH4/c1-6-21(4)31-32(48)25-13-10-14-26(25)35(51)43-28(16-23-11-8-7-9-12-23)38(54)44-29(17-30(39)47)36(52)40-18-24(19-46)34(50)42-27(15-20(2)3)37(53)41-22(5)33(49)45-31;1-4-17-31-26(29)25(19-22-11-6-5-7-12-22)27(3)20-23-13-15-24(16-14-23)30-18-9-8-10-21(2)28;1-6-15-28-23(26)22(18(3)7-2)24(5)17-20-11-13-21(14-12-20)27-16-9-8-10-19(4)25;/h7-9,11-12,20-22,24-29,31,46H,6,10,13-19H2,1-5H3,(H2,39,47)(H,40,52)(H,41,53)(H,42,50)(H,43,51)(H,44,54)(H,45,49);4-7,11-16,25H,1,8-10,17-20H2,2-3H3;6,11-14,18,22H,1,7-10,15-17H2,2-5H3;1H4/t21?,22-,24+,25?,26+,27-,28-,29-,31-;25-;18?,22-;/m000./s1. The molecular weight excluding hydrogens is 1460 g/mol. The number of hydrogen-bond acceptors (Lipinski definition) is 19. The highest BCUT2D eigenvalue weighted by molar-refractivity contribution is 5.99. The number of aliphatic hydroxyl groups is 1. The van der Waals surface area contributed by atoms with Crippen LogP contribution in [0.15, 0.2) is 135 Å². The molecule has 7 amide bonds. The van der Waals surface area contributed by atoms with Gasteiger partial charge in [0.1, 0.15) is 72.5 Å². The average Bonchev–Trinajstić information content (AvgIpc) is 1.64. The number of ketones is 3. The van der Waals surface area contributed by atoms with Crippen LogP contribution in [0.2, 0.25) is 0 Å². The zero-order valence-electron chi connectivity index (χ0n) is 68.2. The number of unbranched alkanes of at least 4 members (excludes halogenated alkanes) is 2. The highest BCUT2D eigenvalue weighted by Gasteiger charge is 2.44. The number of esters is 2. The van der Waals surface area contributed by atoms with Gasteiger partial charge in [-0.15, -0.1) is 0 Å². The number of hydrogen-bond donors (Lipinski definition) is 8. The van der Waals surface area contributed by atoms with Gasteiger partial charge in [0.25, 0.3) is 0 Å². The van der Waals surface area contributed by atoms with Gasteiger partial charge in [0, 0.05) is 50.7 Å². The van der Waals surface area contributed by atoms with Crippen LogP contribution in [-0.2, 0) is 92.9 Å². The molecule has 26 nitrogen and oxygen atoms in total. The normalized spacial score (nSPS) is 20.1. The van der Waals surface area contributed by atoms with Crippen molar-refractivity contribution >= 4 is 70.6 Å². The molecule has 1 saturated heterocycles. The van der Waals surface area contributed by atoms with Crippen LogP contribution in [-0.4, -0.2) is 182 Å². The molecule has 628 valence electrons. The number of rotatable bonds is 37. The van der Waals surface area contributed by atoms with Crippen LogP contribution in [0.25, 0.3) is 0 Å². The number of nitrogens with two attached hydrogens (primary N) is 1. The van der Waals surface area contributed by atoms with Crippen LogP contribution in [0.3, 0.4) is 0 Å². The number of fused-ring (bicyclic) bond motifs is 1. The number of ether oxygens (including phenoxy) is 4. The molecule has 3 unspecified atom stereocenters. The van der Waals surface area contributed by atoms with Gasteiger partial charge in [-0.25, -0.2) is 0 Å². The van der Waals surface area contributed by atoms with E-state index in [2.05, 4.69) is 58.9 Å². The smallest absolute Gasteiger partial charge is 0.324 e. The molecule has 4 aromatic rings. The fourth-order valence-corrected chi connectivity index (χ4v) is 13.1. The number of nitrogens with one attached hydrogen (secondary N) is 6. The lowest BCUT2D eigenvalue weighted by atomic mass is 9.82. The fraction of sp³-hybridized carbons (Fsp3) is 0.545. The lowest BCUT2D eigenvalue weighted by molar-refractivity contribution is -0.151. The van der Waals surface area contributed by atoms with E-state index in [4.69, 9.17) is 24.7 Å². The van der Waals surface area contributed by atoms with E-state index in [-0.39, 0.29) is 92.6 Å². The number of primary amides is 1. The largest absolute Gasteiger partial charge is 0.494 e. The number of aliphatic hydroxyl groups excluding tert-OH is 1. The third-order valence-electron chi connectivity index (χ3n) is 20.0. The van der Waals surface area contributed by atoms with Crippen molar-refractivity contribution in [3.8, 4) is 11.5 Å². The molecule has 1 saturated carbocycles. The Bertz CT molecular complexity index is 3670. The summed E-state index contributed by atoms with van der Waals surface area (Å²) in [4.78, 5) is 159. The highest BCUT2D eigenvalue weighted by Crippen LogP contribution is 2.35. The number of benzene rings is 4. The van der Waals surface area contributed by atoms with E-state index in [0.717, 1.165) is 60.3 Å². The van der Waals surface area contributed by atoms with Gasteiger partial charge in [0.05, 0.1) is 38.2 Å². The van der Waals surface area contributed by atoms with Crippen LogP contribution < -0.4 is 47.1 Å². The Morgan fingerprint density at radius 1 is 0.579 bits per heavy atom. The Morgan fingerprint density at radius 3 is 1.58 bits per heavy atom. The van der Waals surface area contributed by atoms with Crippen LogP contribution in [0.1, 0.15) is 175 Å². The van der Waals surface area contributed by atoms with Gasteiger partial charge in [-0.3, -0.25) is 57.7 Å². The number of likely N-dealkylation sites (N-methyl/N-ethyl adjacent to an activating group) is 2. The lowest BCUT2D eigenvalue weighted by Crippen LogP contribution is -2.58. The summed E-state index contributed by atoms with van der Waals surface area (Å²) < 4.78 is 22.1. The van der Waals surface area contributed by atoms with Gasteiger partial charge in [-0.2, -0.15) is 0 Å². The van der Waals surface area contributed by atoms with Gasteiger partial charge in [0.2, 0.25) is 41.4 Å². The third-order valence-corrected chi connectivity index (χ3v) is 20.0. The molecule has 0 bridgehead atoms. The first-order valence-electron chi connectivity index (χ1n) is 39.6. The van der Waals surface area contributed by atoms with E-state index in [0.29, 0.717) is 76.8 Å². The maximum atomic E-state index is 14.2. The summed E-state index contributed by atoms with van der Waals surface area (Å²) in [5, 5.41) is 25.9. The molecule has 1 aliphatic heterocycles. The van der Waals surface area contributed by atoms with E-state index < -0.39 is 109 Å². The van der Waals surface area contributed by atoms with Gasteiger partial charge in [-0.05, 0) is 151 Å². The number of carbonyl (C=O) groups excluding carboxylic acids is 12. The Labute approximate surface area is 675 Å². The number of amides is 7. The molecular formula is C88H129N9O17. The third kappa shape index (κ3) is 35.6. The van der Waals surface area contributed by atoms with Crippen LogP contribution in [0.5, 0.6) is 11.5 Å². The van der Waals surface area contributed by atoms with E-state index in [1.807, 2.05) is 130 Å².